The van der Waals surface area contributed by atoms with Gasteiger partial charge in [0.2, 0.25) is 0 Å². The van der Waals surface area contributed by atoms with Gasteiger partial charge in [-0.05, 0) is 24.1 Å². The minimum absolute atomic E-state index is 0.117. The van der Waals surface area contributed by atoms with E-state index in [1.54, 1.807) is 0 Å². The molecule has 0 aromatic heterocycles. The average Bonchev–Trinajstić information content (AvgIpc) is 2.34. The van der Waals surface area contributed by atoms with Gasteiger partial charge in [-0.25, -0.2) is 4.39 Å². The highest BCUT2D eigenvalue weighted by molar-refractivity contribution is 5.82. The Labute approximate surface area is 111 Å². The van der Waals surface area contributed by atoms with Crippen molar-refractivity contribution in [2.45, 2.75) is 12.6 Å². The number of aliphatic carboxylic acids is 1. The van der Waals surface area contributed by atoms with E-state index in [2.05, 4.69) is 0 Å². The molecule has 0 radical (unpaired) electrons. The Balaban J connectivity index is 2.64. The zero-order valence-corrected chi connectivity index (χ0v) is 10.1. The van der Waals surface area contributed by atoms with Crippen molar-refractivity contribution in [3.63, 3.8) is 0 Å². The summed E-state index contributed by atoms with van der Waals surface area (Å²) in [5, 5.41) is 10.4. The first-order valence-electron chi connectivity index (χ1n) is 5.52. The van der Waals surface area contributed by atoms with Crippen LogP contribution in [0.25, 0.3) is 0 Å². The fraction of sp³-hybridized carbons (Fsp3) is 0.333. The van der Waals surface area contributed by atoms with E-state index in [4.69, 9.17) is 5.11 Å². The molecule has 4 nitrogen and oxygen atoms in total. The van der Waals surface area contributed by atoms with E-state index < -0.39 is 36.3 Å². The summed E-state index contributed by atoms with van der Waals surface area (Å²) in [6.07, 6.45) is -5.17. The molecule has 0 fully saturated rings. The molecule has 0 heterocycles. The molecular formula is C12H11F4NO3. The molecule has 0 aliphatic heterocycles. The highest BCUT2D eigenvalue weighted by Gasteiger charge is 2.39. The number of carboxylic acid groups (broad SMARTS) is 1. The van der Waals surface area contributed by atoms with Gasteiger partial charge in [0.1, 0.15) is 5.82 Å². The summed E-state index contributed by atoms with van der Waals surface area (Å²) >= 11 is 0. The first-order valence-corrected chi connectivity index (χ1v) is 5.52. The maximum Gasteiger partial charge on any atom is 0.471 e. The molecule has 110 valence electrons. The fourth-order valence-corrected chi connectivity index (χ4v) is 1.47. The Morgan fingerprint density at radius 1 is 1.20 bits per heavy atom. The van der Waals surface area contributed by atoms with Gasteiger partial charge in [-0.1, -0.05) is 12.1 Å². The van der Waals surface area contributed by atoms with Gasteiger partial charge in [-0.15, -0.1) is 0 Å². The number of amides is 1. The number of rotatable bonds is 5. The summed E-state index contributed by atoms with van der Waals surface area (Å²) < 4.78 is 48.6. The molecule has 1 rings (SSSR count). The molecule has 2 N–H and O–H groups in total. The summed E-state index contributed by atoms with van der Waals surface area (Å²) in [6, 6.07) is 4.89. The molecule has 1 aromatic carbocycles. The van der Waals surface area contributed by atoms with Crippen LogP contribution in [0, 0.1) is 11.7 Å². The molecule has 1 unspecified atom stereocenters. The second kappa shape index (κ2) is 6.36. The van der Waals surface area contributed by atoms with Crippen LogP contribution >= 0.6 is 0 Å². The SMILES string of the molecule is O=C(O)C(CNC(=O)C(F)(F)F)Cc1ccc(F)cc1. The zero-order valence-electron chi connectivity index (χ0n) is 10.1. The van der Waals surface area contributed by atoms with Crippen molar-refractivity contribution in [2.75, 3.05) is 6.54 Å². The topological polar surface area (TPSA) is 66.4 Å². The fourth-order valence-electron chi connectivity index (χ4n) is 1.47. The lowest BCUT2D eigenvalue weighted by molar-refractivity contribution is -0.174. The Morgan fingerprint density at radius 3 is 2.20 bits per heavy atom. The maximum atomic E-state index is 12.7. The largest absolute Gasteiger partial charge is 0.481 e. The molecule has 0 spiro atoms. The molecular weight excluding hydrogens is 282 g/mol. The first kappa shape index (κ1) is 15.9. The van der Waals surface area contributed by atoms with Crippen LogP contribution in [0.1, 0.15) is 5.56 Å². The van der Waals surface area contributed by atoms with Crippen molar-refractivity contribution in [3.05, 3.63) is 35.6 Å². The molecule has 0 saturated carbocycles. The van der Waals surface area contributed by atoms with Gasteiger partial charge in [-0.2, -0.15) is 13.2 Å². The Hall–Kier alpha value is -2.12. The van der Waals surface area contributed by atoms with Crippen LogP contribution in [0.3, 0.4) is 0 Å². The Morgan fingerprint density at radius 2 is 1.75 bits per heavy atom. The van der Waals surface area contributed by atoms with Crippen molar-refractivity contribution in [3.8, 4) is 0 Å². The number of nitrogens with one attached hydrogen (secondary N) is 1. The van der Waals surface area contributed by atoms with Gasteiger partial charge in [0.05, 0.1) is 5.92 Å². The number of hydrogen-bond donors (Lipinski definition) is 2. The monoisotopic (exact) mass is 293 g/mol. The highest BCUT2D eigenvalue weighted by atomic mass is 19.4. The first-order chi connectivity index (χ1) is 9.20. The molecule has 1 aromatic rings. The third-order valence-corrected chi connectivity index (χ3v) is 2.51. The van der Waals surface area contributed by atoms with Crippen molar-refractivity contribution in [2.24, 2.45) is 5.92 Å². The van der Waals surface area contributed by atoms with E-state index in [1.807, 2.05) is 0 Å². The molecule has 8 heteroatoms. The number of carbonyl (C=O) groups excluding carboxylic acids is 1. The third-order valence-electron chi connectivity index (χ3n) is 2.51. The van der Waals surface area contributed by atoms with Crippen LogP contribution in [-0.2, 0) is 16.0 Å². The van der Waals surface area contributed by atoms with Gasteiger partial charge < -0.3 is 10.4 Å². The van der Waals surface area contributed by atoms with E-state index in [0.29, 0.717) is 5.56 Å². The van der Waals surface area contributed by atoms with Crippen LogP contribution in [0.15, 0.2) is 24.3 Å². The summed E-state index contributed by atoms with van der Waals surface area (Å²) in [5.41, 5.74) is 0.444. The molecule has 1 amide bonds. The summed E-state index contributed by atoms with van der Waals surface area (Å²) in [7, 11) is 0. The van der Waals surface area contributed by atoms with Gasteiger partial charge >= 0.3 is 18.1 Å². The van der Waals surface area contributed by atoms with Crippen LogP contribution in [0.4, 0.5) is 17.6 Å². The lowest BCUT2D eigenvalue weighted by Gasteiger charge is -2.14. The van der Waals surface area contributed by atoms with Crippen molar-refractivity contribution < 1.29 is 32.3 Å². The van der Waals surface area contributed by atoms with Crippen molar-refractivity contribution in [1.29, 1.82) is 0 Å². The Kier molecular flexibility index (Phi) is 5.06. The smallest absolute Gasteiger partial charge is 0.471 e. The van der Waals surface area contributed by atoms with Crippen LogP contribution in [-0.4, -0.2) is 29.7 Å². The minimum atomic E-state index is -5.06. The second-order valence-electron chi connectivity index (χ2n) is 4.07. The minimum Gasteiger partial charge on any atom is -0.481 e. The number of carboxylic acids is 1. The number of hydrogen-bond acceptors (Lipinski definition) is 2. The molecule has 0 aliphatic rings. The van der Waals surface area contributed by atoms with E-state index in [-0.39, 0.29) is 6.42 Å². The summed E-state index contributed by atoms with van der Waals surface area (Å²) in [6.45, 7) is -0.662. The van der Waals surface area contributed by atoms with E-state index in [1.165, 1.54) is 17.4 Å². The number of benzene rings is 1. The highest BCUT2D eigenvalue weighted by Crippen LogP contribution is 2.15. The zero-order chi connectivity index (χ0) is 15.3. The van der Waals surface area contributed by atoms with E-state index in [0.717, 1.165) is 12.1 Å². The quantitative estimate of drug-likeness (QED) is 0.813. The van der Waals surface area contributed by atoms with Crippen LogP contribution in [0.2, 0.25) is 0 Å². The van der Waals surface area contributed by atoms with Gasteiger partial charge in [-0.3, -0.25) is 9.59 Å². The third kappa shape index (κ3) is 4.87. The molecule has 0 aliphatic carbocycles. The van der Waals surface area contributed by atoms with E-state index >= 15 is 0 Å². The number of carbonyl (C=O) groups is 2. The van der Waals surface area contributed by atoms with Crippen LogP contribution < -0.4 is 5.32 Å². The van der Waals surface area contributed by atoms with Crippen molar-refractivity contribution in [1.82, 2.24) is 5.32 Å². The maximum absolute atomic E-state index is 12.7. The van der Waals surface area contributed by atoms with Crippen LogP contribution in [0.5, 0.6) is 0 Å². The summed E-state index contributed by atoms with van der Waals surface area (Å²) in [5.74, 6) is -5.28. The predicted molar refractivity (Wildman–Crippen MR) is 60.3 cm³/mol. The van der Waals surface area contributed by atoms with Gasteiger partial charge in [0, 0.05) is 6.54 Å². The molecule has 20 heavy (non-hydrogen) atoms. The normalized spacial score (nSPS) is 12.8. The summed E-state index contributed by atoms with van der Waals surface area (Å²) in [4.78, 5) is 21.5. The number of alkyl halides is 3. The lowest BCUT2D eigenvalue weighted by atomic mass is 9.99. The lowest BCUT2D eigenvalue weighted by Crippen LogP contribution is -2.41. The van der Waals surface area contributed by atoms with Gasteiger partial charge in [0.25, 0.3) is 0 Å². The van der Waals surface area contributed by atoms with E-state index in [9.17, 15) is 27.2 Å². The van der Waals surface area contributed by atoms with Crippen molar-refractivity contribution >= 4 is 11.9 Å². The average molecular weight is 293 g/mol. The predicted octanol–water partition coefficient (Wildman–Crippen LogP) is 1.75. The number of halogens is 4. The van der Waals surface area contributed by atoms with Gasteiger partial charge in [0.15, 0.2) is 0 Å². The molecule has 0 saturated heterocycles. The Bertz CT molecular complexity index is 484. The second-order valence-corrected chi connectivity index (χ2v) is 4.07. The molecule has 1 atom stereocenters. The standard InChI is InChI=1S/C12H11F4NO3/c13-9-3-1-7(2-4-9)5-8(10(18)19)6-17-11(20)12(14,15)16/h1-4,8H,5-6H2,(H,17,20)(H,18,19). The molecule has 0 bridgehead atoms.